The van der Waals surface area contributed by atoms with Gasteiger partial charge in [0.05, 0.1) is 5.60 Å². The fraction of sp³-hybridized carbons (Fsp3) is 0.562. The van der Waals surface area contributed by atoms with Crippen LogP contribution in [0.15, 0.2) is 24.3 Å². The summed E-state index contributed by atoms with van der Waals surface area (Å²) in [6, 6.07) is 6.85. The summed E-state index contributed by atoms with van der Waals surface area (Å²) < 4.78 is 5.36. The monoisotopic (exact) mass is 311 g/mol. The van der Waals surface area contributed by atoms with Crippen LogP contribution in [0.3, 0.4) is 0 Å². The average Bonchev–Trinajstić information content (AvgIpc) is 2.44. The first-order valence-electron chi connectivity index (χ1n) is 7.34. The highest BCUT2D eigenvalue weighted by atomic mass is 35.5. The summed E-state index contributed by atoms with van der Waals surface area (Å²) >= 11 is 5.77. The molecule has 0 aliphatic heterocycles. The molecule has 1 aliphatic carbocycles. The number of hydrogen-bond donors (Lipinski definition) is 2. The van der Waals surface area contributed by atoms with Gasteiger partial charge in [-0.1, -0.05) is 31.4 Å². The van der Waals surface area contributed by atoms with Crippen molar-refractivity contribution in [2.75, 3.05) is 13.2 Å². The molecule has 116 valence electrons. The smallest absolute Gasteiger partial charge is 0.258 e. The van der Waals surface area contributed by atoms with E-state index in [1.165, 1.54) is 0 Å². The Morgan fingerprint density at radius 2 is 2.19 bits per heavy atom. The Morgan fingerprint density at radius 3 is 2.86 bits per heavy atom. The molecule has 0 bridgehead atoms. The zero-order valence-electron chi connectivity index (χ0n) is 12.3. The van der Waals surface area contributed by atoms with Crippen LogP contribution in [-0.4, -0.2) is 29.8 Å². The van der Waals surface area contributed by atoms with Crippen LogP contribution in [0, 0.1) is 5.92 Å². The quantitative estimate of drug-likeness (QED) is 0.879. The molecule has 21 heavy (non-hydrogen) atoms. The van der Waals surface area contributed by atoms with E-state index in [9.17, 15) is 9.90 Å². The van der Waals surface area contributed by atoms with Crippen LogP contribution in [-0.2, 0) is 4.79 Å². The molecule has 1 amide bonds. The predicted octanol–water partition coefficient (Wildman–Crippen LogP) is 2.78. The van der Waals surface area contributed by atoms with Crippen molar-refractivity contribution in [1.82, 2.24) is 5.32 Å². The van der Waals surface area contributed by atoms with Crippen LogP contribution in [0.2, 0.25) is 5.02 Å². The number of halogens is 1. The molecule has 2 unspecified atom stereocenters. The number of hydrogen-bond acceptors (Lipinski definition) is 3. The van der Waals surface area contributed by atoms with Crippen molar-refractivity contribution >= 4 is 17.5 Å². The maximum Gasteiger partial charge on any atom is 0.258 e. The lowest BCUT2D eigenvalue weighted by molar-refractivity contribution is -0.125. The van der Waals surface area contributed by atoms with Crippen molar-refractivity contribution in [1.29, 1.82) is 0 Å². The lowest BCUT2D eigenvalue weighted by Crippen LogP contribution is -2.46. The highest BCUT2D eigenvalue weighted by molar-refractivity contribution is 6.30. The zero-order chi connectivity index (χ0) is 15.3. The van der Waals surface area contributed by atoms with Gasteiger partial charge in [-0.05, 0) is 43.0 Å². The van der Waals surface area contributed by atoms with Gasteiger partial charge < -0.3 is 15.2 Å². The molecule has 0 heterocycles. The van der Waals surface area contributed by atoms with E-state index < -0.39 is 5.60 Å². The highest BCUT2D eigenvalue weighted by Gasteiger charge is 2.32. The van der Waals surface area contributed by atoms with Gasteiger partial charge in [0, 0.05) is 11.6 Å². The topological polar surface area (TPSA) is 58.6 Å². The van der Waals surface area contributed by atoms with Crippen molar-refractivity contribution in [2.24, 2.45) is 5.92 Å². The molecule has 1 fully saturated rings. The third kappa shape index (κ3) is 5.21. The van der Waals surface area contributed by atoms with Gasteiger partial charge in [0.25, 0.3) is 5.91 Å². The predicted molar refractivity (Wildman–Crippen MR) is 82.5 cm³/mol. The summed E-state index contributed by atoms with van der Waals surface area (Å²) in [5.41, 5.74) is -0.770. The number of aliphatic hydroxyl groups is 1. The molecule has 5 heteroatoms. The number of carbonyl (C=O) groups excluding carboxylic acids is 1. The van der Waals surface area contributed by atoms with Gasteiger partial charge in [-0.3, -0.25) is 4.79 Å². The standard InChI is InChI=1S/C16H22ClNO3/c1-12-3-2-8-16(20,9-12)11-18-15(19)10-21-14-6-4-13(17)5-7-14/h4-7,12,20H,2-3,8-11H2,1H3,(H,18,19). The van der Waals surface area contributed by atoms with Gasteiger partial charge in [-0.25, -0.2) is 0 Å². The van der Waals surface area contributed by atoms with Crippen molar-refractivity contribution in [2.45, 2.75) is 38.2 Å². The summed E-state index contributed by atoms with van der Waals surface area (Å²) in [5, 5.41) is 13.8. The molecule has 2 N–H and O–H groups in total. The molecule has 2 rings (SSSR count). The summed E-state index contributed by atoms with van der Waals surface area (Å²) in [6.07, 6.45) is 3.64. The summed E-state index contributed by atoms with van der Waals surface area (Å²) in [4.78, 5) is 11.8. The SMILES string of the molecule is CC1CCCC(O)(CNC(=O)COc2ccc(Cl)cc2)C1. The van der Waals surface area contributed by atoms with Crippen LogP contribution in [0.5, 0.6) is 5.75 Å². The van der Waals surface area contributed by atoms with Gasteiger partial charge in [-0.15, -0.1) is 0 Å². The fourth-order valence-electron chi connectivity index (χ4n) is 2.79. The number of carbonyl (C=O) groups is 1. The van der Waals surface area contributed by atoms with Crippen LogP contribution >= 0.6 is 11.6 Å². The van der Waals surface area contributed by atoms with E-state index in [4.69, 9.17) is 16.3 Å². The lowest BCUT2D eigenvalue weighted by atomic mass is 9.79. The minimum Gasteiger partial charge on any atom is -0.484 e. The molecule has 0 spiro atoms. The summed E-state index contributed by atoms with van der Waals surface area (Å²) in [5.74, 6) is 0.877. The summed E-state index contributed by atoms with van der Waals surface area (Å²) in [6.45, 7) is 2.36. The number of amides is 1. The Balaban J connectivity index is 1.73. The minimum atomic E-state index is -0.770. The van der Waals surface area contributed by atoms with Crippen LogP contribution in [0.25, 0.3) is 0 Å². The van der Waals surface area contributed by atoms with E-state index in [2.05, 4.69) is 12.2 Å². The number of rotatable bonds is 5. The van der Waals surface area contributed by atoms with Gasteiger partial charge in [0.2, 0.25) is 0 Å². The van der Waals surface area contributed by atoms with Crippen LogP contribution in [0.1, 0.15) is 32.6 Å². The van der Waals surface area contributed by atoms with E-state index in [0.29, 0.717) is 23.2 Å². The minimum absolute atomic E-state index is 0.0622. The van der Waals surface area contributed by atoms with Crippen molar-refractivity contribution < 1.29 is 14.6 Å². The fourth-order valence-corrected chi connectivity index (χ4v) is 2.91. The lowest BCUT2D eigenvalue weighted by Gasteiger charge is -2.35. The van der Waals surface area contributed by atoms with Gasteiger partial charge in [0.1, 0.15) is 5.75 Å². The van der Waals surface area contributed by atoms with Gasteiger partial charge >= 0.3 is 0 Å². The van der Waals surface area contributed by atoms with Gasteiger partial charge in [0.15, 0.2) is 6.61 Å². The third-order valence-corrected chi connectivity index (χ3v) is 4.12. The molecule has 1 aliphatic rings. The second-order valence-corrected chi connectivity index (χ2v) is 6.38. The number of nitrogens with one attached hydrogen (secondary N) is 1. The number of benzene rings is 1. The maximum atomic E-state index is 11.8. The first-order valence-corrected chi connectivity index (χ1v) is 7.72. The molecule has 0 aromatic heterocycles. The third-order valence-electron chi connectivity index (χ3n) is 3.87. The van der Waals surface area contributed by atoms with Crippen molar-refractivity contribution in [3.63, 3.8) is 0 Å². The van der Waals surface area contributed by atoms with E-state index >= 15 is 0 Å². The molecular formula is C16H22ClNO3. The Hall–Kier alpha value is -1.26. The first kappa shape index (κ1) is 16.1. The van der Waals surface area contributed by atoms with Crippen molar-refractivity contribution in [3.05, 3.63) is 29.3 Å². The Kier molecular flexibility index (Phi) is 5.48. The highest BCUT2D eigenvalue weighted by Crippen LogP contribution is 2.31. The van der Waals surface area contributed by atoms with Crippen molar-refractivity contribution in [3.8, 4) is 5.75 Å². The maximum absolute atomic E-state index is 11.8. The molecule has 1 saturated carbocycles. The summed E-state index contributed by atoms with van der Waals surface area (Å²) in [7, 11) is 0. The molecule has 1 aromatic carbocycles. The van der Waals surface area contributed by atoms with E-state index in [1.54, 1.807) is 24.3 Å². The molecule has 2 atom stereocenters. The molecule has 1 aromatic rings. The number of ether oxygens (including phenoxy) is 1. The van der Waals surface area contributed by atoms with E-state index in [0.717, 1.165) is 25.7 Å². The van der Waals surface area contributed by atoms with Crippen LogP contribution < -0.4 is 10.1 Å². The van der Waals surface area contributed by atoms with E-state index in [-0.39, 0.29) is 12.5 Å². The Morgan fingerprint density at radius 1 is 1.48 bits per heavy atom. The zero-order valence-corrected chi connectivity index (χ0v) is 13.0. The Bertz CT molecular complexity index is 477. The Labute approximate surface area is 130 Å². The van der Waals surface area contributed by atoms with Gasteiger partial charge in [-0.2, -0.15) is 0 Å². The normalized spacial score (nSPS) is 25.4. The molecule has 4 nitrogen and oxygen atoms in total. The molecule has 0 radical (unpaired) electrons. The second-order valence-electron chi connectivity index (χ2n) is 5.95. The molecule has 0 saturated heterocycles. The average molecular weight is 312 g/mol. The molecular weight excluding hydrogens is 290 g/mol. The first-order chi connectivity index (χ1) is 9.97. The second kappa shape index (κ2) is 7.14. The van der Waals surface area contributed by atoms with E-state index in [1.807, 2.05) is 0 Å². The largest absolute Gasteiger partial charge is 0.484 e. The van der Waals surface area contributed by atoms with Crippen LogP contribution in [0.4, 0.5) is 0 Å².